The average molecular weight is 433 g/mol. The summed E-state index contributed by atoms with van der Waals surface area (Å²) in [4.78, 5) is 6.85. The Morgan fingerprint density at radius 1 is 0.958 bits per heavy atom. The molecule has 0 saturated heterocycles. The van der Waals surface area contributed by atoms with Crippen molar-refractivity contribution in [2.75, 3.05) is 25.6 Å². The molecule has 0 amide bonds. The van der Waals surface area contributed by atoms with E-state index in [-0.39, 0.29) is 0 Å². The zero-order valence-electron chi connectivity index (χ0n) is 14.3. The Balaban J connectivity index is 1.84. The van der Waals surface area contributed by atoms with Crippen LogP contribution in [0.3, 0.4) is 0 Å². The number of halogens is 1. The first-order chi connectivity index (χ1) is 11.7. The van der Waals surface area contributed by atoms with Crippen LogP contribution < -0.4 is 26.5 Å². The molecule has 0 saturated carbocycles. The molecule has 24 heavy (non-hydrogen) atoms. The van der Waals surface area contributed by atoms with Crippen LogP contribution in [0, 0.1) is 3.70 Å². The van der Waals surface area contributed by atoms with Gasteiger partial charge in [-0.05, 0) is 0 Å². The van der Waals surface area contributed by atoms with Gasteiger partial charge in [-0.25, -0.2) is 0 Å². The first-order valence-electron chi connectivity index (χ1n) is 8.12. The van der Waals surface area contributed by atoms with Crippen LogP contribution in [0.15, 0.2) is 54.6 Å². The van der Waals surface area contributed by atoms with Crippen LogP contribution in [0.1, 0.15) is 13.3 Å². The summed E-state index contributed by atoms with van der Waals surface area (Å²) in [5.41, 5.74) is 4.70. The van der Waals surface area contributed by atoms with Gasteiger partial charge in [0.1, 0.15) is 0 Å². The normalized spacial score (nSPS) is 11.1. The van der Waals surface area contributed by atoms with Crippen LogP contribution in [-0.4, -0.2) is 25.7 Å². The van der Waals surface area contributed by atoms with E-state index < -0.39 is 21.6 Å². The molecule has 0 fully saturated rings. The third-order valence-corrected chi connectivity index (χ3v) is 5.59. The van der Waals surface area contributed by atoms with Gasteiger partial charge in [0.2, 0.25) is 0 Å². The molecule has 3 aromatic rings. The van der Waals surface area contributed by atoms with E-state index in [1.54, 1.807) is 0 Å². The predicted octanol–water partition coefficient (Wildman–Crippen LogP) is 1.57. The number of pyridine rings is 1. The number of hydrogen-bond acceptors (Lipinski definition) is 3. The van der Waals surface area contributed by atoms with E-state index in [1.807, 2.05) is 0 Å². The molecule has 0 N–H and O–H groups in total. The van der Waals surface area contributed by atoms with Crippen molar-refractivity contribution in [1.29, 1.82) is 0 Å². The molecule has 0 spiro atoms. The van der Waals surface area contributed by atoms with Crippen LogP contribution >= 0.6 is 0 Å². The summed E-state index contributed by atoms with van der Waals surface area (Å²) in [5.74, 6) is 0. The topological polar surface area (TPSA) is 25.4 Å². The van der Waals surface area contributed by atoms with E-state index in [4.69, 9.17) is 8.05 Å². The minimum atomic E-state index is -0.433. The first kappa shape index (κ1) is 17.2. The molecular formula is C20H22IN2O-. The molecule has 0 aliphatic rings. The van der Waals surface area contributed by atoms with Gasteiger partial charge in [-0.2, -0.15) is 0 Å². The van der Waals surface area contributed by atoms with E-state index in [2.05, 4.69) is 80.5 Å². The first-order valence-corrected chi connectivity index (χ1v) is 10.1. The molecule has 0 unspecified atom stereocenters. The predicted molar refractivity (Wildman–Crippen MR) is 96.4 cm³/mol. The molecule has 4 heteroatoms. The fourth-order valence-electron chi connectivity index (χ4n) is 2.45. The van der Waals surface area contributed by atoms with Gasteiger partial charge in [-0.1, -0.05) is 0 Å². The molecule has 126 valence electrons. The number of anilines is 1. The number of benzene rings is 2. The Labute approximate surface area is 154 Å². The Kier molecular flexibility index (Phi) is 5.68. The van der Waals surface area contributed by atoms with E-state index in [1.165, 1.54) is 22.2 Å². The van der Waals surface area contributed by atoms with Gasteiger partial charge < -0.3 is 0 Å². The van der Waals surface area contributed by atoms with E-state index in [0.717, 1.165) is 22.2 Å². The SMILES string of the molecule is CCCO[I-]c1ccc2cc(-c3ccc(N(C)C)cc3)ccc2n1. The van der Waals surface area contributed by atoms with Gasteiger partial charge >= 0.3 is 155 Å². The van der Waals surface area contributed by atoms with Crippen molar-refractivity contribution in [2.24, 2.45) is 0 Å². The monoisotopic (exact) mass is 433 g/mol. The van der Waals surface area contributed by atoms with Gasteiger partial charge in [0, 0.05) is 0 Å². The number of aromatic nitrogens is 1. The molecule has 3 nitrogen and oxygen atoms in total. The quantitative estimate of drug-likeness (QED) is 0.335. The Morgan fingerprint density at radius 3 is 2.42 bits per heavy atom. The van der Waals surface area contributed by atoms with Gasteiger partial charge in [-0.15, -0.1) is 0 Å². The van der Waals surface area contributed by atoms with E-state index in [9.17, 15) is 0 Å². The van der Waals surface area contributed by atoms with Crippen LogP contribution in [0.25, 0.3) is 22.0 Å². The van der Waals surface area contributed by atoms with Gasteiger partial charge in [-0.3, -0.25) is 0 Å². The summed E-state index contributed by atoms with van der Waals surface area (Å²) < 4.78 is 6.78. The number of nitrogens with zero attached hydrogens (tertiary/aromatic N) is 2. The van der Waals surface area contributed by atoms with Crippen molar-refractivity contribution in [3.63, 3.8) is 0 Å². The van der Waals surface area contributed by atoms with Crippen molar-refractivity contribution in [2.45, 2.75) is 13.3 Å². The van der Waals surface area contributed by atoms with Crippen LogP contribution in [0.2, 0.25) is 0 Å². The van der Waals surface area contributed by atoms with Crippen molar-refractivity contribution in [1.82, 2.24) is 4.98 Å². The summed E-state index contributed by atoms with van der Waals surface area (Å²) >= 11 is -0.433. The average Bonchev–Trinajstić information content (AvgIpc) is 2.61. The van der Waals surface area contributed by atoms with Gasteiger partial charge in [0.05, 0.1) is 0 Å². The minimum absolute atomic E-state index is 0.433. The fraction of sp³-hybridized carbons (Fsp3) is 0.250. The molecule has 0 atom stereocenters. The third-order valence-electron chi connectivity index (χ3n) is 3.79. The Morgan fingerprint density at radius 2 is 1.71 bits per heavy atom. The molecule has 1 heterocycles. The number of hydrogen-bond donors (Lipinski definition) is 0. The maximum atomic E-state index is 5.68. The summed E-state index contributed by atoms with van der Waals surface area (Å²) in [6.45, 7) is 2.96. The van der Waals surface area contributed by atoms with Crippen molar-refractivity contribution in [3.05, 3.63) is 58.3 Å². The molecule has 0 aliphatic carbocycles. The number of fused-ring (bicyclic) bond motifs is 1. The molecule has 0 aliphatic heterocycles. The summed E-state index contributed by atoms with van der Waals surface area (Å²) in [6, 6.07) is 19.4. The third kappa shape index (κ3) is 4.05. The second kappa shape index (κ2) is 7.94. The standard InChI is InChI=1S/C20H22IN2O/c1-4-13-24-21-20-12-8-17-14-16(7-11-19(17)22-20)15-5-9-18(10-6-15)23(2)3/h5-12,14H,4,13H2,1-3H3/q-1. The fourth-order valence-corrected chi connectivity index (χ4v) is 4.11. The van der Waals surface area contributed by atoms with Gasteiger partial charge in [0.25, 0.3) is 0 Å². The van der Waals surface area contributed by atoms with Crippen LogP contribution in [-0.2, 0) is 3.07 Å². The molecule has 0 radical (unpaired) electrons. The maximum absolute atomic E-state index is 5.68. The molecule has 2 aromatic carbocycles. The van der Waals surface area contributed by atoms with Crippen molar-refractivity contribution < 1.29 is 24.7 Å². The summed E-state index contributed by atoms with van der Waals surface area (Å²) in [7, 11) is 4.11. The zero-order chi connectivity index (χ0) is 16.9. The summed E-state index contributed by atoms with van der Waals surface area (Å²) in [5, 5.41) is 1.17. The van der Waals surface area contributed by atoms with Crippen LogP contribution in [0.5, 0.6) is 0 Å². The molecule has 0 bridgehead atoms. The second-order valence-corrected chi connectivity index (χ2v) is 8.04. The molecule has 1 aromatic heterocycles. The van der Waals surface area contributed by atoms with Crippen molar-refractivity contribution in [3.8, 4) is 11.1 Å². The van der Waals surface area contributed by atoms with Crippen molar-refractivity contribution >= 4 is 16.6 Å². The van der Waals surface area contributed by atoms with Gasteiger partial charge in [0.15, 0.2) is 0 Å². The van der Waals surface area contributed by atoms with Crippen LogP contribution in [0.4, 0.5) is 5.69 Å². The molecular weight excluding hydrogens is 411 g/mol. The number of rotatable bonds is 6. The second-order valence-electron chi connectivity index (χ2n) is 5.87. The Hall–Kier alpha value is -1.66. The van der Waals surface area contributed by atoms with E-state index in [0.29, 0.717) is 0 Å². The summed E-state index contributed by atoms with van der Waals surface area (Å²) in [6.07, 6.45) is 1.06. The zero-order valence-corrected chi connectivity index (χ0v) is 16.4. The van der Waals surface area contributed by atoms with E-state index >= 15 is 0 Å². The Bertz CT molecular complexity index is 815. The molecule has 3 rings (SSSR count).